The lowest BCUT2D eigenvalue weighted by Crippen LogP contribution is -2.34. The van der Waals surface area contributed by atoms with Crippen molar-refractivity contribution in [2.45, 2.75) is 63.3 Å². The van der Waals surface area contributed by atoms with Gasteiger partial charge < -0.3 is 4.90 Å². The standard InChI is InChI=1S/C43H43ClN3/c1-6-32(27-44)43(4)39(46(5)36-23-21-31-14-8-12-18-35(31)41(36)43)26-20-29(28-45)19-25-38-42(2,3)40-34-17-11-7-13-30(34)22-24-37(40)47(38)33-15-9-10-16-33/h6-8,11-14,17-26,32-33H,1,9-10,15-16,27H2,2-5H3/q+1. The van der Waals surface area contributed by atoms with E-state index < -0.39 is 5.41 Å². The predicted molar refractivity (Wildman–Crippen MR) is 199 cm³/mol. The van der Waals surface area contributed by atoms with Crippen molar-refractivity contribution in [3.8, 4) is 6.07 Å². The molecular formula is C43H43ClN3+. The number of likely N-dealkylation sites (N-methyl/N-ethyl adjacent to an activating group) is 1. The molecule has 1 saturated carbocycles. The third kappa shape index (κ3) is 4.80. The fraction of sp³-hybridized carbons (Fsp3) is 0.302. The Bertz CT molecular complexity index is 2080. The molecule has 0 bridgehead atoms. The maximum atomic E-state index is 10.4. The summed E-state index contributed by atoms with van der Waals surface area (Å²) in [5.41, 5.74) is 7.49. The van der Waals surface area contributed by atoms with E-state index in [-0.39, 0.29) is 11.3 Å². The molecule has 4 aromatic rings. The van der Waals surface area contributed by atoms with Crippen molar-refractivity contribution in [1.29, 1.82) is 5.26 Å². The molecule has 236 valence electrons. The van der Waals surface area contributed by atoms with Gasteiger partial charge in [0.1, 0.15) is 0 Å². The Labute approximate surface area is 284 Å². The van der Waals surface area contributed by atoms with Crippen LogP contribution >= 0.6 is 11.6 Å². The first-order chi connectivity index (χ1) is 22.7. The highest BCUT2D eigenvalue weighted by atomic mass is 35.5. The van der Waals surface area contributed by atoms with Crippen molar-refractivity contribution in [3.63, 3.8) is 0 Å². The van der Waals surface area contributed by atoms with Gasteiger partial charge in [-0.15, -0.1) is 18.2 Å². The molecule has 0 spiro atoms. The molecule has 2 aliphatic heterocycles. The van der Waals surface area contributed by atoms with Gasteiger partial charge in [-0.2, -0.15) is 9.84 Å². The average Bonchev–Trinajstić information content (AvgIpc) is 3.75. The Balaban J connectivity index is 1.33. The van der Waals surface area contributed by atoms with E-state index in [1.165, 1.54) is 69.8 Å². The van der Waals surface area contributed by atoms with Crippen LogP contribution in [0.5, 0.6) is 0 Å². The summed E-state index contributed by atoms with van der Waals surface area (Å²) in [5, 5.41) is 15.5. The van der Waals surface area contributed by atoms with Crippen molar-refractivity contribution in [2.24, 2.45) is 5.92 Å². The first kappa shape index (κ1) is 31.2. The molecule has 0 amide bonds. The number of hydrogen-bond donors (Lipinski definition) is 0. The Morgan fingerprint density at radius 3 is 2.26 bits per heavy atom. The van der Waals surface area contributed by atoms with Crippen molar-refractivity contribution >= 4 is 50.2 Å². The van der Waals surface area contributed by atoms with Crippen LogP contribution in [0.1, 0.15) is 57.6 Å². The van der Waals surface area contributed by atoms with E-state index in [1.807, 2.05) is 18.2 Å². The van der Waals surface area contributed by atoms with Gasteiger partial charge in [0, 0.05) is 66.2 Å². The minimum absolute atomic E-state index is 0.00235. The Morgan fingerprint density at radius 2 is 1.62 bits per heavy atom. The number of alkyl halides is 1. The molecule has 47 heavy (non-hydrogen) atoms. The molecule has 0 N–H and O–H groups in total. The Hall–Kier alpha value is -4.39. The van der Waals surface area contributed by atoms with Crippen LogP contribution in [0.2, 0.25) is 0 Å². The number of halogens is 1. The van der Waals surface area contributed by atoms with E-state index in [0.29, 0.717) is 17.5 Å². The number of hydrogen-bond acceptors (Lipinski definition) is 2. The van der Waals surface area contributed by atoms with Gasteiger partial charge in [0.05, 0.1) is 17.1 Å². The van der Waals surface area contributed by atoms with E-state index in [4.69, 9.17) is 11.6 Å². The van der Waals surface area contributed by atoms with Crippen molar-refractivity contribution < 1.29 is 4.58 Å². The number of allylic oxidation sites excluding steroid dienone is 7. The number of fused-ring (bicyclic) bond motifs is 6. The zero-order chi connectivity index (χ0) is 32.9. The van der Waals surface area contributed by atoms with E-state index in [9.17, 15) is 5.26 Å². The van der Waals surface area contributed by atoms with Crippen LogP contribution in [-0.4, -0.2) is 29.3 Å². The van der Waals surface area contributed by atoms with Crippen LogP contribution in [0.4, 0.5) is 11.4 Å². The van der Waals surface area contributed by atoms with Gasteiger partial charge in [-0.3, -0.25) is 0 Å². The lowest BCUT2D eigenvalue weighted by molar-refractivity contribution is -0.480. The molecular weight excluding hydrogens is 594 g/mol. The van der Waals surface area contributed by atoms with Gasteiger partial charge in [-0.05, 0) is 91.1 Å². The summed E-state index contributed by atoms with van der Waals surface area (Å²) >= 11 is 6.65. The summed E-state index contributed by atoms with van der Waals surface area (Å²) in [5.74, 6) is 0.449. The summed E-state index contributed by atoms with van der Waals surface area (Å²) in [6, 6.07) is 29.2. The fourth-order valence-electron chi connectivity index (χ4n) is 8.79. The molecule has 4 aromatic carbocycles. The summed E-state index contributed by atoms with van der Waals surface area (Å²) in [6.07, 6.45) is 15.2. The van der Waals surface area contributed by atoms with Crippen molar-refractivity contribution in [2.75, 3.05) is 17.8 Å². The minimum atomic E-state index is -0.417. The molecule has 1 fully saturated rings. The molecule has 3 aliphatic rings. The second-order valence-corrected chi connectivity index (χ2v) is 14.4. The van der Waals surface area contributed by atoms with E-state index in [2.05, 4.69) is 135 Å². The summed E-state index contributed by atoms with van der Waals surface area (Å²) < 4.78 is 2.59. The molecule has 4 heteroatoms. The normalized spacial score (nSPS) is 22.4. The van der Waals surface area contributed by atoms with Crippen LogP contribution in [0, 0.1) is 17.2 Å². The summed E-state index contributed by atoms with van der Waals surface area (Å²) in [4.78, 5) is 2.26. The van der Waals surface area contributed by atoms with Crippen LogP contribution < -0.4 is 4.90 Å². The number of rotatable bonds is 7. The zero-order valence-electron chi connectivity index (χ0n) is 27.9. The van der Waals surface area contributed by atoms with Crippen LogP contribution in [0.15, 0.2) is 121 Å². The predicted octanol–water partition coefficient (Wildman–Crippen LogP) is 10.7. The lowest BCUT2D eigenvalue weighted by Gasteiger charge is -2.34. The number of nitrogens with zero attached hydrogens (tertiary/aromatic N) is 3. The van der Waals surface area contributed by atoms with E-state index in [1.54, 1.807) is 0 Å². The first-order valence-electron chi connectivity index (χ1n) is 16.9. The van der Waals surface area contributed by atoms with Crippen molar-refractivity contribution in [1.82, 2.24) is 0 Å². The smallest absolute Gasteiger partial charge is 0.210 e. The average molecular weight is 637 g/mol. The topological polar surface area (TPSA) is 30.0 Å². The highest BCUT2D eigenvalue weighted by Gasteiger charge is 2.49. The van der Waals surface area contributed by atoms with Gasteiger partial charge in [0.25, 0.3) is 0 Å². The third-order valence-electron chi connectivity index (χ3n) is 11.2. The summed E-state index contributed by atoms with van der Waals surface area (Å²) in [7, 11) is 2.12. The SMILES string of the molecule is C=CC(CCl)C1(C)\C(=C/C=C(C#N)/C=C/C2=[N+](C3CCCC3)c3ccc4ccccc4c3C2(C)C)N(C)c2ccc3ccccc3c21. The maximum Gasteiger partial charge on any atom is 0.210 e. The molecule has 0 saturated heterocycles. The molecule has 3 nitrogen and oxygen atoms in total. The molecule has 0 radical (unpaired) electrons. The van der Waals surface area contributed by atoms with Crippen molar-refractivity contribution in [3.05, 3.63) is 132 Å². The second-order valence-electron chi connectivity index (χ2n) is 14.1. The fourth-order valence-corrected chi connectivity index (χ4v) is 9.23. The van der Waals surface area contributed by atoms with Gasteiger partial charge in [-0.1, -0.05) is 60.7 Å². The second kappa shape index (κ2) is 12.0. The van der Waals surface area contributed by atoms with Gasteiger partial charge in [0.15, 0.2) is 11.8 Å². The molecule has 2 heterocycles. The van der Waals surface area contributed by atoms with Crippen LogP contribution in [-0.2, 0) is 10.8 Å². The zero-order valence-corrected chi connectivity index (χ0v) is 28.7. The first-order valence-corrected chi connectivity index (χ1v) is 17.4. The minimum Gasteiger partial charge on any atom is -0.347 e. The van der Waals surface area contributed by atoms with Gasteiger partial charge in [0.2, 0.25) is 5.69 Å². The van der Waals surface area contributed by atoms with Crippen LogP contribution in [0.25, 0.3) is 21.5 Å². The largest absolute Gasteiger partial charge is 0.347 e. The Morgan fingerprint density at radius 1 is 0.979 bits per heavy atom. The van der Waals surface area contributed by atoms with E-state index in [0.717, 1.165) is 11.4 Å². The van der Waals surface area contributed by atoms with Gasteiger partial charge in [-0.25, -0.2) is 0 Å². The molecule has 2 atom stereocenters. The van der Waals surface area contributed by atoms with Crippen LogP contribution in [0.3, 0.4) is 0 Å². The Kier molecular flexibility index (Phi) is 7.97. The number of benzene rings is 4. The highest BCUT2D eigenvalue weighted by molar-refractivity contribution is 6.18. The van der Waals surface area contributed by atoms with E-state index >= 15 is 0 Å². The molecule has 7 rings (SSSR count). The molecule has 2 unspecified atom stereocenters. The third-order valence-corrected chi connectivity index (χ3v) is 11.6. The maximum absolute atomic E-state index is 10.4. The number of anilines is 1. The van der Waals surface area contributed by atoms with Gasteiger partial charge >= 0.3 is 0 Å². The lowest BCUT2D eigenvalue weighted by atomic mass is 9.70. The molecule has 0 aromatic heterocycles. The summed E-state index contributed by atoms with van der Waals surface area (Å²) in [6.45, 7) is 11.1. The molecule has 1 aliphatic carbocycles. The number of nitriles is 1. The quantitative estimate of drug-likeness (QED) is 0.0664. The highest BCUT2D eigenvalue weighted by Crippen LogP contribution is 2.54. The monoisotopic (exact) mass is 636 g/mol.